The van der Waals surface area contributed by atoms with Crippen LogP contribution >= 0.6 is 0 Å². The zero-order chi connectivity index (χ0) is 19.3. The highest BCUT2D eigenvalue weighted by Gasteiger charge is 2.26. The van der Waals surface area contributed by atoms with Gasteiger partial charge in [0.25, 0.3) is 0 Å². The summed E-state index contributed by atoms with van der Waals surface area (Å²) >= 11 is 0. The highest BCUT2D eigenvalue weighted by atomic mass is 19.1. The van der Waals surface area contributed by atoms with Crippen LogP contribution in [0.1, 0.15) is 24.8 Å². The topological polar surface area (TPSA) is 35.6 Å². The predicted octanol–water partition coefficient (Wildman–Crippen LogP) is 3.93. The highest BCUT2D eigenvalue weighted by molar-refractivity contribution is 5.91. The van der Waals surface area contributed by atoms with Crippen molar-refractivity contribution in [2.45, 2.75) is 25.7 Å². The number of halogens is 1. The van der Waals surface area contributed by atoms with Gasteiger partial charge in [-0.3, -0.25) is 9.69 Å². The summed E-state index contributed by atoms with van der Waals surface area (Å²) in [6, 6.07) is 14.4. The number of hydrogen-bond acceptors (Lipinski definition) is 3. The Morgan fingerprint density at radius 2 is 1.79 bits per heavy atom. The first-order chi connectivity index (χ1) is 13.7. The lowest BCUT2D eigenvalue weighted by molar-refractivity contribution is -0.116. The Balaban J connectivity index is 1.27. The zero-order valence-electron chi connectivity index (χ0n) is 16.2. The molecule has 1 N–H and O–H groups in total. The summed E-state index contributed by atoms with van der Waals surface area (Å²) in [5.41, 5.74) is 2.97. The van der Waals surface area contributed by atoms with E-state index < -0.39 is 0 Å². The van der Waals surface area contributed by atoms with E-state index in [0.717, 1.165) is 43.3 Å². The largest absolute Gasteiger partial charge is 0.369 e. The van der Waals surface area contributed by atoms with Crippen LogP contribution in [-0.4, -0.2) is 43.5 Å². The Labute approximate surface area is 166 Å². The number of piperazine rings is 1. The van der Waals surface area contributed by atoms with Crippen LogP contribution in [0.2, 0.25) is 0 Å². The van der Waals surface area contributed by atoms with Crippen molar-refractivity contribution >= 4 is 17.3 Å². The number of amides is 1. The number of aryl methyl sites for hydroxylation is 1. The van der Waals surface area contributed by atoms with E-state index in [1.54, 1.807) is 12.1 Å². The molecule has 2 aromatic carbocycles. The minimum Gasteiger partial charge on any atom is -0.369 e. The van der Waals surface area contributed by atoms with Gasteiger partial charge in [0.15, 0.2) is 0 Å². The summed E-state index contributed by atoms with van der Waals surface area (Å²) in [7, 11) is 0. The molecular formula is C23H28FN3O. The van der Waals surface area contributed by atoms with Crippen LogP contribution in [0.4, 0.5) is 15.8 Å². The third-order valence-electron chi connectivity index (χ3n) is 5.63. The molecule has 2 fully saturated rings. The summed E-state index contributed by atoms with van der Waals surface area (Å²) in [5.74, 6) is 0.675. The van der Waals surface area contributed by atoms with E-state index in [1.165, 1.54) is 37.2 Å². The maximum atomic E-state index is 13.0. The molecule has 0 spiro atoms. The third kappa shape index (κ3) is 5.32. The van der Waals surface area contributed by atoms with Crippen molar-refractivity contribution in [3.8, 4) is 0 Å². The molecule has 0 unspecified atom stereocenters. The Morgan fingerprint density at radius 1 is 1.04 bits per heavy atom. The van der Waals surface area contributed by atoms with Crippen LogP contribution in [0, 0.1) is 11.7 Å². The molecule has 1 saturated carbocycles. The molecule has 1 aliphatic carbocycles. The molecule has 0 radical (unpaired) electrons. The lowest BCUT2D eigenvalue weighted by atomic mass is 10.1. The van der Waals surface area contributed by atoms with Crippen LogP contribution in [-0.2, 0) is 11.2 Å². The Bertz CT molecular complexity index is 796. The van der Waals surface area contributed by atoms with Crippen LogP contribution in [0.25, 0.3) is 0 Å². The fraction of sp³-hybridized carbons (Fsp3) is 0.435. The van der Waals surface area contributed by atoms with Crippen LogP contribution in [0.5, 0.6) is 0 Å². The molecule has 1 aliphatic heterocycles. The number of rotatable bonds is 7. The van der Waals surface area contributed by atoms with Crippen LogP contribution < -0.4 is 10.2 Å². The summed E-state index contributed by atoms with van der Waals surface area (Å²) in [4.78, 5) is 17.3. The fourth-order valence-electron chi connectivity index (χ4n) is 3.77. The molecule has 0 aromatic heterocycles. The lowest BCUT2D eigenvalue weighted by Gasteiger charge is -2.36. The second-order valence-corrected chi connectivity index (χ2v) is 7.96. The molecule has 0 atom stereocenters. The molecule has 1 amide bonds. The summed E-state index contributed by atoms with van der Waals surface area (Å²) in [6.45, 7) is 5.57. The number of anilines is 2. The average molecular weight is 381 g/mol. The van der Waals surface area contributed by atoms with Gasteiger partial charge in [-0.25, -0.2) is 4.39 Å². The Morgan fingerprint density at radius 3 is 2.50 bits per heavy atom. The quantitative estimate of drug-likeness (QED) is 0.789. The number of hydrogen-bond donors (Lipinski definition) is 1. The maximum absolute atomic E-state index is 13.0. The zero-order valence-corrected chi connectivity index (χ0v) is 16.2. The number of nitrogens with zero attached hydrogens (tertiary/aromatic N) is 2. The first-order valence-electron chi connectivity index (χ1n) is 10.3. The lowest BCUT2D eigenvalue weighted by Crippen LogP contribution is -2.47. The SMILES string of the molecule is O=C(CCc1ccc(F)cc1)Nc1cccc(N2CCN(CC3CC3)CC2)c1. The molecule has 148 valence electrons. The molecule has 5 heteroatoms. The van der Waals surface area contributed by atoms with Gasteiger partial charge in [-0.05, 0) is 61.1 Å². The van der Waals surface area contributed by atoms with Gasteiger partial charge in [0.2, 0.25) is 5.91 Å². The number of carbonyl (C=O) groups excluding carboxylic acids is 1. The minimum atomic E-state index is -0.251. The summed E-state index contributed by atoms with van der Waals surface area (Å²) < 4.78 is 13.0. The molecule has 4 nitrogen and oxygen atoms in total. The number of carbonyl (C=O) groups is 1. The fourth-order valence-corrected chi connectivity index (χ4v) is 3.77. The molecule has 2 aromatic rings. The normalized spacial score (nSPS) is 17.5. The Hall–Kier alpha value is -2.40. The van der Waals surface area contributed by atoms with Crippen molar-refractivity contribution in [2.24, 2.45) is 5.92 Å². The van der Waals surface area contributed by atoms with Crippen LogP contribution in [0.3, 0.4) is 0 Å². The molecular weight excluding hydrogens is 353 g/mol. The van der Waals surface area contributed by atoms with E-state index in [-0.39, 0.29) is 11.7 Å². The molecule has 2 aliphatic rings. The molecule has 28 heavy (non-hydrogen) atoms. The van der Waals surface area contributed by atoms with Crippen molar-refractivity contribution in [1.82, 2.24) is 4.90 Å². The molecule has 4 rings (SSSR count). The predicted molar refractivity (Wildman–Crippen MR) is 111 cm³/mol. The molecule has 0 bridgehead atoms. The summed E-state index contributed by atoms with van der Waals surface area (Å²) in [6.07, 6.45) is 3.80. The summed E-state index contributed by atoms with van der Waals surface area (Å²) in [5, 5.41) is 3.00. The average Bonchev–Trinajstić information content (AvgIpc) is 3.52. The van der Waals surface area contributed by atoms with E-state index in [2.05, 4.69) is 27.2 Å². The van der Waals surface area contributed by atoms with E-state index in [1.807, 2.05) is 12.1 Å². The van der Waals surface area contributed by atoms with Gasteiger partial charge in [-0.2, -0.15) is 0 Å². The third-order valence-corrected chi connectivity index (χ3v) is 5.63. The van der Waals surface area contributed by atoms with Gasteiger partial charge in [-0.15, -0.1) is 0 Å². The van der Waals surface area contributed by atoms with Crippen molar-refractivity contribution in [3.63, 3.8) is 0 Å². The second-order valence-electron chi connectivity index (χ2n) is 7.96. The monoisotopic (exact) mass is 381 g/mol. The Kier molecular flexibility index (Phi) is 5.91. The second kappa shape index (κ2) is 8.74. The van der Waals surface area contributed by atoms with Gasteiger partial charge >= 0.3 is 0 Å². The minimum absolute atomic E-state index is 0.0178. The van der Waals surface area contributed by atoms with Crippen molar-refractivity contribution in [3.05, 3.63) is 59.9 Å². The maximum Gasteiger partial charge on any atom is 0.224 e. The van der Waals surface area contributed by atoms with Crippen LogP contribution in [0.15, 0.2) is 48.5 Å². The van der Waals surface area contributed by atoms with E-state index in [0.29, 0.717) is 12.8 Å². The highest BCUT2D eigenvalue weighted by Crippen LogP contribution is 2.30. The first-order valence-corrected chi connectivity index (χ1v) is 10.3. The van der Waals surface area contributed by atoms with Gasteiger partial charge in [0.05, 0.1) is 0 Å². The first kappa shape index (κ1) is 18.9. The number of nitrogens with one attached hydrogen (secondary N) is 1. The molecule has 1 saturated heterocycles. The standard InChI is InChI=1S/C23H28FN3O/c24-20-9-6-18(7-10-20)8-11-23(28)25-21-2-1-3-22(16-21)27-14-12-26(13-15-27)17-19-4-5-19/h1-3,6-7,9-10,16,19H,4-5,8,11-15,17H2,(H,25,28). The number of benzene rings is 2. The van der Waals surface area contributed by atoms with Crippen molar-refractivity contribution < 1.29 is 9.18 Å². The van der Waals surface area contributed by atoms with E-state index >= 15 is 0 Å². The van der Waals surface area contributed by atoms with Crippen molar-refractivity contribution in [2.75, 3.05) is 42.9 Å². The van der Waals surface area contributed by atoms with Gasteiger partial charge in [0, 0.05) is 50.5 Å². The van der Waals surface area contributed by atoms with Gasteiger partial charge in [0.1, 0.15) is 5.82 Å². The smallest absolute Gasteiger partial charge is 0.224 e. The van der Waals surface area contributed by atoms with Gasteiger partial charge in [-0.1, -0.05) is 18.2 Å². The van der Waals surface area contributed by atoms with E-state index in [9.17, 15) is 9.18 Å². The van der Waals surface area contributed by atoms with Gasteiger partial charge < -0.3 is 10.2 Å². The molecule has 1 heterocycles. The van der Waals surface area contributed by atoms with E-state index in [4.69, 9.17) is 0 Å². The van der Waals surface area contributed by atoms with Crippen molar-refractivity contribution in [1.29, 1.82) is 0 Å².